The van der Waals surface area contributed by atoms with E-state index < -0.39 is 0 Å². The van der Waals surface area contributed by atoms with Crippen LogP contribution in [-0.2, 0) is 4.79 Å². The second-order valence-corrected chi connectivity index (χ2v) is 4.83. The number of rotatable bonds is 6. The van der Waals surface area contributed by atoms with Gasteiger partial charge in [-0.2, -0.15) is 5.10 Å². The van der Waals surface area contributed by atoms with E-state index >= 15 is 0 Å². The highest BCUT2D eigenvalue weighted by Gasteiger charge is 2.02. The van der Waals surface area contributed by atoms with E-state index in [-0.39, 0.29) is 11.7 Å². The van der Waals surface area contributed by atoms with Crippen LogP contribution in [0.15, 0.2) is 53.0 Å². The molecule has 108 valence electrons. The molecule has 0 unspecified atom stereocenters. The van der Waals surface area contributed by atoms with Gasteiger partial charge in [-0.3, -0.25) is 4.79 Å². The second kappa shape index (κ2) is 8.01. The number of nitrogens with zero attached hydrogens (tertiary/aromatic N) is 3. The molecule has 0 aliphatic carbocycles. The summed E-state index contributed by atoms with van der Waals surface area (Å²) in [7, 11) is 1.61. The summed E-state index contributed by atoms with van der Waals surface area (Å²) in [6.07, 6.45) is 4.84. The predicted molar refractivity (Wildman–Crippen MR) is 81.5 cm³/mol. The molecule has 0 bridgehead atoms. The molecule has 0 fully saturated rings. The van der Waals surface area contributed by atoms with Gasteiger partial charge in [0.05, 0.1) is 19.1 Å². The molecule has 1 aromatic heterocycles. The maximum atomic E-state index is 11.6. The molecule has 1 aromatic carbocycles. The topological polar surface area (TPSA) is 76.5 Å². The summed E-state index contributed by atoms with van der Waals surface area (Å²) < 4.78 is 5.06. The number of benzene rings is 1. The average Bonchev–Trinajstić information content (AvgIpc) is 2.54. The van der Waals surface area contributed by atoms with Crippen molar-refractivity contribution in [2.45, 2.75) is 5.16 Å². The number of methoxy groups -OCH3 is 1. The Labute approximate surface area is 126 Å². The number of hydrogen-bond donors (Lipinski definition) is 1. The molecule has 0 radical (unpaired) electrons. The second-order valence-electron chi connectivity index (χ2n) is 3.89. The van der Waals surface area contributed by atoms with Crippen LogP contribution in [0.2, 0.25) is 0 Å². The molecule has 1 N–H and O–H groups in total. The lowest BCUT2D eigenvalue weighted by molar-refractivity contribution is -0.118. The van der Waals surface area contributed by atoms with Gasteiger partial charge in [0.15, 0.2) is 5.16 Å². The lowest BCUT2D eigenvalue weighted by Gasteiger charge is -2.00. The molecule has 6 nitrogen and oxygen atoms in total. The van der Waals surface area contributed by atoms with E-state index in [9.17, 15) is 4.79 Å². The van der Waals surface area contributed by atoms with Crippen molar-refractivity contribution in [3.05, 3.63) is 48.3 Å². The maximum absolute atomic E-state index is 11.6. The molecule has 2 rings (SSSR count). The fourth-order valence-corrected chi connectivity index (χ4v) is 1.99. The Hall–Kier alpha value is -2.41. The lowest BCUT2D eigenvalue weighted by atomic mass is 10.2. The summed E-state index contributed by atoms with van der Waals surface area (Å²) in [5, 5.41) is 4.45. The van der Waals surface area contributed by atoms with Crippen LogP contribution >= 0.6 is 11.8 Å². The molecular weight excluding hydrogens is 288 g/mol. The molecular formula is C14H14N4O2S. The first-order valence-electron chi connectivity index (χ1n) is 6.13. The summed E-state index contributed by atoms with van der Waals surface area (Å²) in [4.78, 5) is 19.6. The zero-order chi connectivity index (χ0) is 14.9. The molecule has 21 heavy (non-hydrogen) atoms. The van der Waals surface area contributed by atoms with E-state index in [0.717, 1.165) is 11.3 Å². The van der Waals surface area contributed by atoms with Crippen molar-refractivity contribution in [1.29, 1.82) is 0 Å². The van der Waals surface area contributed by atoms with Crippen LogP contribution in [0.3, 0.4) is 0 Å². The van der Waals surface area contributed by atoms with Gasteiger partial charge in [-0.1, -0.05) is 11.8 Å². The molecule has 2 aromatic rings. The fourth-order valence-electron chi connectivity index (χ4n) is 1.39. The quantitative estimate of drug-likeness (QED) is 0.380. The number of thioether (sulfide) groups is 1. The summed E-state index contributed by atoms with van der Waals surface area (Å²) >= 11 is 1.26. The predicted octanol–water partition coefficient (Wildman–Crippen LogP) is 1.73. The van der Waals surface area contributed by atoms with E-state index in [1.807, 2.05) is 24.3 Å². The van der Waals surface area contributed by atoms with Gasteiger partial charge in [0.2, 0.25) is 0 Å². The zero-order valence-corrected chi connectivity index (χ0v) is 12.2. The normalized spacial score (nSPS) is 10.5. The van der Waals surface area contributed by atoms with Crippen molar-refractivity contribution in [3.63, 3.8) is 0 Å². The monoisotopic (exact) mass is 302 g/mol. The van der Waals surface area contributed by atoms with Crippen molar-refractivity contribution in [3.8, 4) is 5.75 Å². The number of aromatic nitrogens is 2. The number of ether oxygens (including phenoxy) is 1. The van der Waals surface area contributed by atoms with Crippen LogP contribution in [0.4, 0.5) is 0 Å². The van der Waals surface area contributed by atoms with Gasteiger partial charge in [0.1, 0.15) is 5.75 Å². The Morgan fingerprint density at radius 3 is 2.71 bits per heavy atom. The Morgan fingerprint density at radius 1 is 1.33 bits per heavy atom. The highest BCUT2D eigenvalue weighted by Crippen LogP contribution is 2.10. The van der Waals surface area contributed by atoms with Crippen molar-refractivity contribution in [1.82, 2.24) is 15.4 Å². The number of hydrogen-bond acceptors (Lipinski definition) is 6. The smallest absolute Gasteiger partial charge is 0.250 e. The third-order valence-corrected chi connectivity index (χ3v) is 3.27. The number of amides is 1. The van der Waals surface area contributed by atoms with Gasteiger partial charge in [-0.25, -0.2) is 15.4 Å². The van der Waals surface area contributed by atoms with Gasteiger partial charge in [0.25, 0.3) is 5.91 Å². The maximum Gasteiger partial charge on any atom is 0.250 e. The van der Waals surface area contributed by atoms with Gasteiger partial charge in [-0.15, -0.1) is 0 Å². The lowest BCUT2D eigenvalue weighted by Crippen LogP contribution is -2.19. The minimum absolute atomic E-state index is 0.211. The van der Waals surface area contributed by atoms with E-state index in [1.54, 1.807) is 31.8 Å². The Balaban J connectivity index is 1.76. The van der Waals surface area contributed by atoms with E-state index in [2.05, 4.69) is 20.5 Å². The minimum Gasteiger partial charge on any atom is -0.497 e. The molecule has 0 aliphatic rings. The summed E-state index contributed by atoms with van der Waals surface area (Å²) in [6.45, 7) is 0. The van der Waals surface area contributed by atoms with Crippen LogP contribution in [-0.4, -0.2) is 35.0 Å². The first kappa shape index (κ1) is 15.0. The first-order chi connectivity index (χ1) is 10.3. The standard InChI is InChI=1S/C14H14N4O2S/c1-20-12-5-3-11(4-6-12)9-17-18-13(19)10-21-14-15-7-2-8-16-14/h2-9H,10H2,1H3,(H,18,19)/b17-9+. The Kier molecular flexibility index (Phi) is 5.71. The van der Waals surface area contributed by atoms with Crippen molar-refractivity contribution < 1.29 is 9.53 Å². The molecule has 0 aliphatic heterocycles. The first-order valence-corrected chi connectivity index (χ1v) is 7.12. The molecule has 0 atom stereocenters. The minimum atomic E-state index is -0.211. The van der Waals surface area contributed by atoms with Gasteiger partial charge in [0, 0.05) is 12.4 Å². The number of hydrazone groups is 1. The summed E-state index contributed by atoms with van der Waals surface area (Å²) in [5.41, 5.74) is 3.32. The largest absolute Gasteiger partial charge is 0.497 e. The van der Waals surface area contributed by atoms with Crippen molar-refractivity contribution in [2.24, 2.45) is 5.10 Å². The van der Waals surface area contributed by atoms with Crippen LogP contribution in [0.25, 0.3) is 0 Å². The van der Waals surface area contributed by atoms with Crippen LogP contribution in [0.5, 0.6) is 5.75 Å². The molecule has 1 heterocycles. The van der Waals surface area contributed by atoms with Crippen LogP contribution < -0.4 is 10.2 Å². The van der Waals surface area contributed by atoms with E-state index in [1.165, 1.54) is 11.8 Å². The van der Waals surface area contributed by atoms with Crippen LogP contribution in [0, 0.1) is 0 Å². The number of nitrogens with one attached hydrogen (secondary N) is 1. The third kappa shape index (κ3) is 5.23. The zero-order valence-electron chi connectivity index (χ0n) is 11.4. The highest BCUT2D eigenvalue weighted by molar-refractivity contribution is 7.99. The van der Waals surface area contributed by atoms with Gasteiger partial charge < -0.3 is 4.74 Å². The Morgan fingerprint density at radius 2 is 2.05 bits per heavy atom. The SMILES string of the molecule is COc1ccc(/C=N/NC(=O)CSc2ncccn2)cc1. The average molecular weight is 302 g/mol. The van der Waals surface area contributed by atoms with Gasteiger partial charge in [-0.05, 0) is 35.9 Å². The molecule has 0 saturated heterocycles. The van der Waals surface area contributed by atoms with Gasteiger partial charge >= 0.3 is 0 Å². The third-order valence-electron chi connectivity index (χ3n) is 2.39. The van der Waals surface area contributed by atoms with Crippen molar-refractivity contribution in [2.75, 3.05) is 12.9 Å². The molecule has 1 amide bonds. The summed E-state index contributed by atoms with van der Waals surface area (Å²) in [5.74, 6) is 0.775. The molecule has 7 heteroatoms. The van der Waals surface area contributed by atoms with E-state index in [0.29, 0.717) is 5.16 Å². The van der Waals surface area contributed by atoms with Crippen LogP contribution in [0.1, 0.15) is 5.56 Å². The Bertz CT molecular complexity index is 602. The summed E-state index contributed by atoms with van der Waals surface area (Å²) in [6, 6.07) is 9.07. The van der Waals surface area contributed by atoms with E-state index in [4.69, 9.17) is 4.74 Å². The molecule has 0 spiro atoms. The number of carbonyl (C=O) groups excluding carboxylic acids is 1. The highest BCUT2D eigenvalue weighted by atomic mass is 32.2. The molecule has 0 saturated carbocycles. The van der Waals surface area contributed by atoms with Crippen molar-refractivity contribution >= 4 is 23.9 Å². The number of carbonyl (C=O) groups is 1. The fraction of sp³-hybridized carbons (Fsp3) is 0.143.